The summed E-state index contributed by atoms with van der Waals surface area (Å²) in [6, 6.07) is 10.4. The minimum absolute atomic E-state index is 0.0382. The monoisotopic (exact) mass is 609 g/mol. The Morgan fingerprint density at radius 3 is 2.59 bits per heavy atom. The number of aliphatic hydroxyl groups is 1. The van der Waals surface area contributed by atoms with E-state index in [4.69, 9.17) is 9.15 Å². The van der Waals surface area contributed by atoms with Crippen LogP contribution in [0.25, 0.3) is 0 Å². The molecule has 1 aliphatic heterocycles. The van der Waals surface area contributed by atoms with Crippen molar-refractivity contribution in [2.75, 3.05) is 13.7 Å². The number of nitrogens with one attached hydrogen (secondary N) is 4. The summed E-state index contributed by atoms with van der Waals surface area (Å²) in [4.78, 5) is 56.6. The maximum absolute atomic E-state index is 14.2. The lowest BCUT2D eigenvalue weighted by Crippen LogP contribution is -2.52. The number of hydrogen-bond acceptors (Lipinski definition) is 8. The lowest BCUT2D eigenvalue weighted by atomic mass is 10.0. The Bertz CT molecular complexity index is 1460. The first-order chi connectivity index (χ1) is 21.1. The molecule has 0 aliphatic carbocycles. The van der Waals surface area contributed by atoms with Gasteiger partial charge in [-0.3, -0.25) is 19.2 Å². The summed E-state index contributed by atoms with van der Waals surface area (Å²) in [5, 5.41) is 21.0. The molecule has 2 heterocycles. The van der Waals surface area contributed by atoms with Crippen LogP contribution in [0.5, 0.6) is 5.75 Å². The molecule has 4 atom stereocenters. The highest BCUT2D eigenvalue weighted by atomic mass is 19.1. The smallest absolute Gasteiger partial charge is 0.273 e. The number of benzene rings is 2. The number of carbonyl (C=O) groups is 4. The van der Waals surface area contributed by atoms with Crippen molar-refractivity contribution in [3.63, 3.8) is 0 Å². The molecular weight excluding hydrogens is 573 g/mol. The maximum Gasteiger partial charge on any atom is 0.273 e. The Morgan fingerprint density at radius 1 is 1.11 bits per heavy atom. The van der Waals surface area contributed by atoms with Crippen molar-refractivity contribution < 1.29 is 37.8 Å². The molecule has 0 fully saturated rings. The quantitative estimate of drug-likeness (QED) is 0.270. The summed E-state index contributed by atoms with van der Waals surface area (Å²) >= 11 is 0. The third-order valence-electron chi connectivity index (χ3n) is 7.15. The number of amides is 4. The number of nitrogens with zero attached hydrogens (tertiary/aromatic N) is 1. The molecule has 1 aromatic heterocycles. The summed E-state index contributed by atoms with van der Waals surface area (Å²) < 4.78 is 24.7. The van der Waals surface area contributed by atoms with Crippen LogP contribution >= 0.6 is 0 Å². The van der Waals surface area contributed by atoms with Gasteiger partial charge in [-0.15, -0.1) is 0 Å². The van der Waals surface area contributed by atoms with Crippen LogP contribution in [0.3, 0.4) is 0 Å². The second-order valence-corrected chi connectivity index (χ2v) is 10.6. The van der Waals surface area contributed by atoms with Crippen molar-refractivity contribution in [3.05, 3.63) is 83.3 Å². The molecule has 0 radical (unpaired) electrons. The SMILES string of the molecule is COc1ccc(CC(=O)N[C@H]2CCCCNC(=O)[C@H]([C@@H](C)O)NC(=O)c3coc(n3)[C@H](Cc3ccccc3)NC2=O)cc1F. The zero-order chi connectivity index (χ0) is 31.6. The fourth-order valence-electron chi connectivity index (χ4n) is 4.81. The van der Waals surface area contributed by atoms with Gasteiger partial charge in [-0.25, -0.2) is 9.37 Å². The van der Waals surface area contributed by atoms with Gasteiger partial charge in [0.2, 0.25) is 23.6 Å². The normalized spacial score (nSPS) is 20.5. The van der Waals surface area contributed by atoms with Crippen LogP contribution in [-0.4, -0.2) is 65.6 Å². The lowest BCUT2D eigenvalue weighted by Gasteiger charge is -2.23. The van der Waals surface area contributed by atoms with Crippen molar-refractivity contribution in [2.45, 2.75) is 63.3 Å². The molecule has 0 spiro atoms. The number of fused-ring (bicyclic) bond motifs is 2. The van der Waals surface area contributed by atoms with E-state index in [1.165, 1.54) is 26.2 Å². The van der Waals surface area contributed by atoms with E-state index < -0.39 is 53.7 Å². The first-order valence-corrected chi connectivity index (χ1v) is 14.3. The Balaban J connectivity index is 1.59. The predicted octanol–water partition coefficient (Wildman–Crippen LogP) is 1.73. The molecule has 2 aromatic carbocycles. The average Bonchev–Trinajstić information content (AvgIpc) is 3.49. The Morgan fingerprint density at radius 2 is 1.89 bits per heavy atom. The second kappa shape index (κ2) is 15.1. The summed E-state index contributed by atoms with van der Waals surface area (Å²) in [7, 11) is 1.34. The summed E-state index contributed by atoms with van der Waals surface area (Å²) in [6.45, 7) is 1.59. The largest absolute Gasteiger partial charge is 0.494 e. The molecular formula is C31H36FN5O7. The van der Waals surface area contributed by atoms with E-state index >= 15 is 0 Å². The van der Waals surface area contributed by atoms with Crippen molar-refractivity contribution in [3.8, 4) is 5.75 Å². The lowest BCUT2D eigenvalue weighted by molar-refractivity contribution is -0.129. The molecule has 4 amide bonds. The van der Waals surface area contributed by atoms with E-state index in [0.717, 1.165) is 11.8 Å². The predicted molar refractivity (Wildman–Crippen MR) is 156 cm³/mol. The molecule has 234 valence electrons. The topological polar surface area (TPSA) is 172 Å². The van der Waals surface area contributed by atoms with Gasteiger partial charge in [-0.1, -0.05) is 36.4 Å². The van der Waals surface area contributed by atoms with E-state index in [-0.39, 0.29) is 43.1 Å². The number of aliphatic hydroxyl groups excluding tert-OH is 1. The summed E-state index contributed by atoms with van der Waals surface area (Å²) in [5.74, 6) is -2.84. The fraction of sp³-hybridized carbons (Fsp3) is 0.387. The van der Waals surface area contributed by atoms with Gasteiger partial charge < -0.3 is 35.5 Å². The number of hydrogen-bond donors (Lipinski definition) is 5. The van der Waals surface area contributed by atoms with Gasteiger partial charge in [0, 0.05) is 13.0 Å². The Labute approximate surface area is 253 Å². The van der Waals surface area contributed by atoms with Gasteiger partial charge in [-0.05, 0) is 49.4 Å². The summed E-state index contributed by atoms with van der Waals surface area (Å²) in [6.07, 6.45) is 1.13. The van der Waals surface area contributed by atoms with Crippen molar-refractivity contribution >= 4 is 23.6 Å². The molecule has 4 rings (SSSR count). The third kappa shape index (κ3) is 8.63. The van der Waals surface area contributed by atoms with Gasteiger partial charge >= 0.3 is 0 Å². The van der Waals surface area contributed by atoms with Crippen molar-refractivity contribution in [2.24, 2.45) is 0 Å². The number of oxazole rings is 1. The molecule has 5 N–H and O–H groups in total. The van der Waals surface area contributed by atoms with Crippen LogP contribution < -0.4 is 26.0 Å². The van der Waals surface area contributed by atoms with Crippen LogP contribution in [0.15, 0.2) is 59.2 Å². The van der Waals surface area contributed by atoms with Gasteiger partial charge in [-0.2, -0.15) is 0 Å². The molecule has 44 heavy (non-hydrogen) atoms. The first-order valence-electron chi connectivity index (χ1n) is 14.3. The molecule has 0 saturated heterocycles. The molecule has 0 unspecified atom stereocenters. The second-order valence-electron chi connectivity index (χ2n) is 10.6. The van der Waals surface area contributed by atoms with Crippen LogP contribution in [0.2, 0.25) is 0 Å². The number of halogens is 1. The van der Waals surface area contributed by atoms with Crippen LogP contribution in [0.1, 0.15) is 59.7 Å². The van der Waals surface area contributed by atoms with Gasteiger partial charge in [0.1, 0.15) is 24.4 Å². The van der Waals surface area contributed by atoms with Crippen LogP contribution in [0.4, 0.5) is 4.39 Å². The van der Waals surface area contributed by atoms with Gasteiger partial charge in [0.15, 0.2) is 17.3 Å². The number of carbonyl (C=O) groups excluding carboxylic acids is 4. The van der Waals surface area contributed by atoms with Crippen molar-refractivity contribution in [1.82, 2.24) is 26.3 Å². The molecule has 0 saturated carbocycles. The standard InChI is InChI=1S/C31H36FN5O7/c1-18(38)27-30(42)33-13-7-6-10-22(34-26(39)16-20-11-12-25(43-2)21(32)14-20)28(40)35-23(15-19-8-4-3-5-9-19)31-36-24(17-44-31)29(41)37-27/h3-5,8-9,11-12,14,17-18,22-23,27,38H,6-7,10,13,15-16H2,1-2H3,(H,33,42)(H,34,39)(H,35,40)(H,37,41)/t18-,22+,23+,27+/m1/s1. The number of aromatic nitrogens is 1. The van der Waals surface area contributed by atoms with Gasteiger partial charge in [0.25, 0.3) is 5.91 Å². The average molecular weight is 610 g/mol. The highest BCUT2D eigenvalue weighted by Crippen LogP contribution is 2.21. The third-order valence-corrected chi connectivity index (χ3v) is 7.15. The highest BCUT2D eigenvalue weighted by Gasteiger charge is 2.30. The first kappa shape index (κ1) is 32.1. The zero-order valence-electron chi connectivity index (χ0n) is 24.5. The molecule has 12 nitrogen and oxygen atoms in total. The summed E-state index contributed by atoms with van der Waals surface area (Å²) in [5.41, 5.74) is 1.11. The molecule has 3 aromatic rings. The number of methoxy groups -OCH3 is 1. The maximum atomic E-state index is 14.2. The van der Waals surface area contributed by atoms with E-state index in [2.05, 4.69) is 26.3 Å². The van der Waals surface area contributed by atoms with E-state index in [9.17, 15) is 28.7 Å². The van der Waals surface area contributed by atoms with E-state index in [1.807, 2.05) is 30.3 Å². The molecule has 1 aliphatic rings. The van der Waals surface area contributed by atoms with E-state index in [1.54, 1.807) is 6.07 Å². The van der Waals surface area contributed by atoms with E-state index in [0.29, 0.717) is 18.4 Å². The van der Waals surface area contributed by atoms with Crippen LogP contribution in [0, 0.1) is 5.82 Å². The minimum atomic E-state index is -1.23. The number of rotatable bonds is 7. The fourth-order valence-corrected chi connectivity index (χ4v) is 4.81. The number of ether oxygens (including phenoxy) is 1. The minimum Gasteiger partial charge on any atom is -0.494 e. The van der Waals surface area contributed by atoms with Crippen LogP contribution in [-0.2, 0) is 27.2 Å². The Hall–Kier alpha value is -4.78. The highest BCUT2D eigenvalue weighted by molar-refractivity contribution is 5.96. The molecule has 13 heteroatoms. The van der Waals surface area contributed by atoms with Crippen molar-refractivity contribution in [1.29, 1.82) is 0 Å². The van der Waals surface area contributed by atoms with Gasteiger partial charge in [0.05, 0.1) is 19.6 Å². The Kier molecular flexibility index (Phi) is 11.0. The zero-order valence-corrected chi connectivity index (χ0v) is 24.5. The molecule has 2 bridgehead atoms.